The average Bonchev–Trinajstić information content (AvgIpc) is 2.82. The van der Waals surface area contributed by atoms with E-state index >= 15 is 0 Å². The third kappa shape index (κ3) is 2.90. The summed E-state index contributed by atoms with van der Waals surface area (Å²) in [7, 11) is 0. The van der Waals surface area contributed by atoms with E-state index in [9.17, 15) is 4.79 Å². The molecule has 4 nitrogen and oxygen atoms in total. The van der Waals surface area contributed by atoms with Crippen molar-refractivity contribution in [2.75, 3.05) is 18.9 Å². The summed E-state index contributed by atoms with van der Waals surface area (Å²) >= 11 is 5.86. The van der Waals surface area contributed by atoms with Crippen LogP contribution in [0.1, 0.15) is 23.2 Å². The minimum Gasteiger partial charge on any atom is -0.397 e. The highest BCUT2D eigenvalue weighted by molar-refractivity contribution is 6.33. The number of hydrogen-bond acceptors (Lipinski definition) is 3. The van der Waals surface area contributed by atoms with Gasteiger partial charge in [0.25, 0.3) is 5.91 Å². The van der Waals surface area contributed by atoms with Crippen LogP contribution in [0.3, 0.4) is 0 Å². The van der Waals surface area contributed by atoms with Crippen LogP contribution in [-0.4, -0.2) is 25.2 Å². The van der Waals surface area contributed by atoms with Gasteiger partial charge in [-0.1, -0.05) is 17.7 Å². The van der Waals surface area contributed by atoms with Gasteiger partial charge in [0.2, 0.25) is 0 Å². The van der Waals surface area contributed by atoms with Crippen LogP contribution in [0.25, 0.3) is 0 Å². The van der Waals surface area contributed by atoms with E-state index < -0.39 is 0 Å². The summed E-state index contributed by atoms with van der Waals surface area (Å²) in [5.41, 5.74) is 6.47. The van der Waals surface area contributed by atoms with Crippen LogP contribution in [0.15, 0.2) is 18.2 Å². The van der Waals surface area contributed by atoms with Crippen molar-refractivity contribution in [3.63, 3.8) is 0 Å². The summed E-state index contributed by atoms with van der Waals surface area (Å²) in [6, 6.07) is 5.03. The van der Waals surface area contributed by atoms with Crippen molar-refractivity contribution in [3.8, 4) is 0 Å². The molecule has 0 radical (unpaired) electrons. The highest BCUT2D eigenvalue weighted by atomic mass is 35.5. The molecule has 0 aliphatic carbocycles. The molecule has 1 saturated heterocycles. The van der Waals surface area contributed by atoms with Crippen LogP contribution in [0.4, 0.5) is 5.69 Å². The molecule has 1 heterocycles. The molecule has 0 aromatic heterocycles. The molecule has 1 fully saturated rings. The molecule has 1 aromatic rings. The molecule has 1 amide bonds. The van der Waals surface area contributed by atoms with Gasteiger partial charge in [0.05, 0.1) is 22.4 Å². The van der Waals surface area contributed by atoms with Gasteiger partial charge in [0, 0.05) is 13.2 Å². The van der Waals surface area contributed by atoms with Crippen LogP contribution >= 0.6 is 11.6 Å². The van der Waals surface area contributed by atoms with Crippen molar-refractivity contribution >= 4 is 23.2 Å². The van der Waals surface area contributed by atoms with Gasteiger partial charge in [-0.3, -0.25) is 4.79 Å². The topological polar surface area (TPSA) is 64.4 Å². The van der Waals surface area contributed by atoms with E-state index in [2.05, 4.69) is 5.32 Å². The molecule has 17 heavy (non-hydrogen) atoms. The van der Waals surface area contributed by atoms with Gasteiger partial charge in [0.1, 0.15) is 0 Å². The number of rotatable bonds is 3. The number of ether oxygens (including phenoxy) is 1. The second-order valence-electron chi connectivity index (χ2n) is 4.05. The molecule has 2 rings (SSSR count). The van der Waals surface area contributed by atoms with Crippen LogP contribution in [-0.2, 0) is 4.74 Å². The Balaban J connectivity index is 1.97. The molecule has 1 aliphatic heterocycles. The molecule has 0 saturated carbocycles. The Labute approximate surface area is 105 Å². The number of halogens is 1. The van der Waals surface area contributed by atoms with Crippen LogP contribution < -0.4 is 11.1 Å². The van der Waals surface area contributed by atoms with Gasteiger partial charge in [-0.15, -0.1) is 0 Å². The zero-order valence-corrected chi connectivity index (χ0v) is 10.2. The number of benzene rings is 1. The fourth-order valence-electron chi connectivity index (χ4n) is 1.84. The van der Waals surface area contributed by atoms with Gasteiger partial charge in [-0.25, -0.2) is 0 Å². The van der Waals surface area contributed by atoms with Crippen molar-refractivity contribution in [1.82, 2.24) is 5.32 Å². The molecule has 92 valence electrons. The summed E-state index contributed by atoms with van der Waals surface area (Å²) in [6.45, 7) is 1.30. The molecule has 0 bridgehead atoms. The summed E-state index contributed by atoms with van der Waals surface area (Å²) in [4.78, 5) is 11.9. The first kappa shape index (κ1) is 12.2. The highest BCUT2D eigenvalue weighted by Crippen LogP contribution is 2.22. The molecule has 1 aromatic carbocycles. The average molecular weight is 255 g/mol. The summed E-state index contributed by atoms with van der Waals surface area (Å²) < 4.78 is 5.42. The van der Waals surface area contributed by atoms with Gasteiger partial charge in [-0.05, 0) is 25.0 Å². The van der Waals surface area contributed by atoms with E-state index in [0.717, 1.165) is 19.4 Å². The number of hydrogen-bond donors (Lipinski definition) is 2. The van der Waals surface area contributed by atoms with Crippen molar-refractivity contribution in [2.24, 2.45) is 0 Å². The number of carbonyl (C=O) groups is 1. The van der Waals surface area contributed by atoms with Crippen LogP contribution in [0.5, 0.6) is 0 Å². The molecule has 3 N–H and O–H groups in total. The smallest absolute Gasteiger partial charge is 0.253 e. The quantitative estimate of drug-likeness (QED) is 0.809. The minimum absolute atomic E-state index is 0.124. The fourth-order valence-corrected chi connectivity index (χ4v) is 2.02. The summed E-state index contributed by atoms with van der Waals surface area (Å²) in [5, 5.41) is 3.20. The standard InChI is InChI=1S/C12H15ClN2O2/c13-10-5-1-4-9(11(10)14)12(16)15-7-8-3-2-6-17-8/h1,4-5,8H,2-3,6-7,14H2,(H,15,16). The molecule has 1 aliphatic rings. The largest absolute Gasteiger partial charge is 0.397 e. The molecular formula is C12H15ClN2O2. The first-order valence-corrected chi connectivity index (χ1v) is 6.00. The predicted octanol–water partition coefficient (Wildman–Crippen LogP) is 1.83. The van der Waals surface area contributed by atoms with Crippen LogP contribution in [0, 0.1) is 0 Å². The van der Waals surface area contributed by atoms with Gasteiger partial charge in [0.15, 0.2) is 0 Å². The normalized spacial score (nSPS) is 19.2. The molecule has 0 spiro atoms. The lowest BCUT2D eigenvalue weighted by atomic mass is 10.1. The summed E-state index contributed by atoms with van der Waals surface area (Å²) in [5.74, 6) is -0.208. The van der Waals surface area contributed by atoms with Crippen molar-refractivity contribution in [3.05, 3.63) is 28.8 Å². The second kappa shape index (κ2) is 5.38. The molecular weight excluding hydrogens is 240 g/mol. The van der Waals surface area contributed by atoms with E-state index in [1.165, 1.54) is 0 Å². The SMILES string of the molecule is Nc1c(Cl)cccc1C(=O)NCC1CCCO1. The first-order valence-electron chi connectivity index (χ1n) is 5.62. The lowest BCUT2D eigenvalue weighted by Gasteiger charge is -2.12. The number of nitrogens with one attached hydrogen (secondary N) is 1. The molecule has 1 unspecified atom stereocenters. The maximum absolute atomic E-state index is 11.9. The Bertz CT molecular complexity index is 417. The zero-order chi connectivity index (χ0) is 12.3. The van der Waals surface area contributed by atoms with Crippen molar-refractivity contribution in [2.45, 2.75) is 18.9 Å². The Morgan fingerprint density at radius 1 is 1.59 bits per heavy atom. The number of nitrogens with two attached hydrogens (primary N) is 1. The third-order valence-corrected chi connectivity index (χ3v) is 3.14. The monoisotopic (exact) mass is 254 g/mol. The Morgan fingerprint density at radius 3 is 3.12 bits per heavy atom. The van der Waals surface area contributed by atoms with Crippen molar-refractivity contribution in [1.29, 1.82) is 0 Å². The maximum atomic E-state index is 11.9. The number of carbonyl (C=O) groups excluding carboxylic acids is 1. The summed E-state index contributed by atoms with van der Waals surface area (Å²) in [6.07, 6.45) is 2.17. The Kier molecular flexibility index (Phi) is 3.86. The van der Waals surface area contributed by atoms with Gasteiger partial charge in [-0.2, -0.15) is 0 Å². The van der Waals surface area contributed by atoms with E-state index in [1.807, 2.05) is 0 Å². The van der Waals surface area contributed by atoms with Gasteiger partial charge < -0.3 is 15.8 Å². The fraction of sp³-hybridized carbons (Fsp3) is 0.417. The highest BCUT2D eigenvalue weighted by Gasteiger charge is 2.17. The number of amides is 1. The lowest BCUT2D eigenvalue weighted by molar-refractivity contribution is 0.0858. The lowest BCUT2D eigenvalue weighted by Crippen LogP contribution is -2.32. The van der Waals surface area contributed by atoms with Crippen LogP contribution in [0.2, 0.25) is 5.02 Å². The van der Waals surface area contributed by atoms with E-state index in [4.69, 9.17) is 22.1 Å². The van der Waals surface area contributed by atoms with E-state index in [1.54, 1.807) is 18.2 Å². The van der Waals surface area contributed by atoms with Gasteiger partial charge >= 0.3 is 0 Å². The number of para-hydroxylation sites is 1. The third-order valence-electron chi connectivity index (χ3n) is 2.81. The first-order chi connectivity index (χ1) is 8.18. The second-order valence-corrected chi connectivity index (χ2v) is 4.45. The Hall–Kier alpha value is -1.26. The number of nitrogen functional groups attached to an aromatic ring is 1. The minimum atomic E-state index is -0.208. The number of anilines is 1. The molecule has 5 heteroatoms. The molecule has 1 atom stereocenters. The van der Waals surface area contributed by atoms with Crippen molar-refractivity contribution < 1.29 is 9.53 Å². The maximum Gasteiger partial charge on any atom is 0.253 e. The zero-order valence-electron chi connectivity index (χ0n) is 9.41. The Morgan fingerprint density at radius 2 is 2.41 bits per heavy atom. The predicted molar refractivity (Wildman–Crippen MR) is 67.2 cm³/mol. The van der Waals surface area contributed by atoms with E-state index in [-0.39, 0.29) is 12.0 Å². The van der Waals surface area contributed by atoms with E-state index in [0.29, 0.717) is 22.8 Å².